The van der Waals surface area contributed by atoms with Crippen LogP contribution in [-0.2, 0) is 13.1 Å². The third-order valence-electron chi connectivity index (χ3n) is 5.17. The van der Waals surface area contributed by atoms with Crippen LogP contribution in [0.2, 0.25) is 0 Å². The summed E-state index contributed by atoms with van der Waals surface area (Å²) in [6, 6.07) is 33.2. The van der Waals surface area contributed by atoms with Crippen molar-refractivity contribution in [1.29, 1.82) is 0 Å². The highest BCUT2D eigenvalue weighted by Crippen LogP contribution is 2.17. The summed E-state index contributed by atoms with van der Waals surface area (Å²) in [5.41, 5.74) is 4.45. The molecular formula is C26H22N4. The zero-order valence-corrected chi connectivity index (χ0v) is 16.5. The lowest BCUT2D eigenvalue weighted by Crippen LogP contribution is -2.03. The number of nitrogens with zero attached hydrogens (tertiary/aromatic N) is 2. The summed E-state index contributed by atoms with van der Waals surface area (Å²) < 4.78 is 0. The molecule has 5 rings (SSSR count). The van der Waals surface area contributed by atoms with Gasteiger partial charge in [-0.2, -0.15) is 0 Å². The van der Waals surface area contributed by atoms with Gasteiger partial charge in [0, 0.05) is 23.9 Å². The van der Waals surface area contributed by atoms with Gasteiger partial charge in [-0.1, -0.05) is 60.7 Å². The lowest BCUT2D eigenvalue weighted by molar-refractivity contribution is 1.09. The van der Waals surface area contributed by atoms with Gasteiger partial charge in [-0.05, 0) is 47.5 Å². The van der Waals surface area contributed by atoms with Crippen molar-refractivity contribution in [1.82, 2.24) is 9.97 Å². The van der Waals surface area contributed by atoms with E-state index in [9.17, 15) is 0 Å². The number of nitrogens with one attached hydrogen (secondary N) is 2. The Hall–Kier alpha value is -3.92. The largest absolute Gasteiger partial charge is 0.366 e. The molecule has 0 unspecified atom stereocenters. The molecule has 0 saturated carbocycles. The van der Waals surface area contributed by atoms with Gasteiger partial charge in [0.05, 0.1) is 11.0 Å². The van der Waals surface area contributed by atoms with Crippen molar-refractivity contribution in [2.45, 2.75) is 13.1 Å². The summed E-state index contributed by atoms with van der Waals surface area (Å²) in [4.78, 5) is 9.33. The van der Waals surface area contributed by atoms with E-state index in [2.05, 4.69) is 69.1 Å². The molecule has 2 heterocycles. The van der Waals surface area contributed by atoms with E-state index in [1.54, 1.807) is 0 Å². The molecule has 0 fully saturated rings. The number of aromatic nitrogens is 2. The van der Waals surface area contributed by atoms with Crippen LogP contribution in [0.1, 0.15) is 11.1 Å². The molecule has 5 aromatic rings. The Kier molecular flexibility index (Phi) is 4.96. The third kappa shape index (κ3) is 4.08. The predicted molar refractivity (Wildman–Crippen MR) is 125 cm³/mol. The quantitative estimate of drug-likeness (QED) is 0.373. The van der Waals surface area contributed by atoms with Crippen LogP contribution in [0, 0.1) is 0 Å². The summed E-state index contributed by atoms with van der Waals surface area (Å²) >= 11 is 0. The molecule has 2 aromatic heterocycles. The molecule has 0 amide bonds. The number of fused-ring (bicyclic) bond motifs is 2. The maximum atomic E-state index is 4.66. The zero-order chi connectivity index (χ0) is 20.2. The predicted octanol–water partition coefficient (Wildman–Crippen LogP) is 6.01. The zero-order valence-electron chi connectivity index (χ0n) is 16.5. The van der Waals surface area contributed by atoms with Crippen LogP contribution < -0.4 is 10.6 Å². The molecule has 0 aliphatic rings. The van der Waals surface area contributed by atoms with Crippen LogP contribution in [0.4, 0.5) is 11.6 Å². The number of hydrogen-bond acceptors (Lipinski definition) is 4. The first kappa shape index (κ1) is 18.1. The highest BCUT2D eigenvalue weighted by atomic mass is 15.0. The van der Waals surface area contributed by atoms with E-state index in [4.69, 9.17) is 0 Å². The van der Waals surface area contributed by atoms with Crippen LogP contribution in [0.3, 0.4) is 0 Å². The Morgan fingerprint density at radius 1 is 0.467 bits per heavy atom. The fourth-order valence-corrected chi connectivity index (χ4v) is 3.49. The molecule has 0 spiro atoms. The number of hydrogen-bond donors (Lipinski definition) is 2. The summed E-state index contributed by atoms with van der Waals surface area (Å²) in [7, 11) is 0. The van der Waals surface area contributed by atoms with Gasteiger partial charge in [-0.25, -0.2) is 9.97 Å². The Morgan fingerprint density at radius 3 is 1.37 bits per heavy atom. The maximum absolute atomic E-state index is 4.66. The average molecular weight is 390 g/mol. The summed E-state index contributed by atoms with van der Waals surface area (Å²) in [6.45, 7) is 1.48. The molecule has 0 saturated heterocycles. The number of benzene rings is 3. The van der Waals surface area contributed by atoms with Crippen molar-refractivity contribution in [3.63, 3.8) is 0 Å². The second kappa shape index (κ2) is 8.21. The fraction of sp³-hybridized carbons (Fsp3) is 0.0769. The molecule has 146 valence electrons. The first-order valence-electron chi connectivity index (χ1n) is 10.1. The van der Waals surface area contributed by atoms with Gasteiger partial charge in [0.15, 0.2) is 0 Å². The summed E-state index contributed by atoms with van der Waals surface area (Å²) in [5, 5.41) is 9.13. The van der Waals surface area contributed by atoms with E-state index < -0.39 is 0 Å². The smallest absolute Gasteiger partial charge is 0.126 e. The minimum Gasteiger partial charge on any atom is -0.366 e. The van der Waals surface area contributed by atoms with E-state index in [-0.39, 0.29) is 0 Å². The molecule has 30 heavy (non-hydrogen) atoms. The Balaban J connectivity index is 1.19. The number of anilines is 2. The highest BCUT2D eigenvalue weighted by Gasteiger charge is 2.01. The molecule has 0 radical (unpaired) electrons. The van der Waals surface area contributed by atoms with Gasteiger partial charge in [-0.15, -0.1) is 0 Å². The van der Waals surface area contributed by atoms with Gasteiger partial charge < -0.3 is 10.6 Å². The standard InChI is InChI=1S/C26H22N4/c1-3-7-23-21(5-1)13-15-25(29-23)27-17-19-9-11-20(12-10-19)18-28-26-16-14-22-6-2-4-8-24(22)30-26/h1-16H,17-18H2,(H,27,29)(H,28,30). The van der Waals surface area contributed by atoms with Crippen molar-refractivity contribution in [3.8, 4) is 0 Å². The van der Waals surface area contributed by atoms with Crippen LogP contribution in [0.15, 0.2) is 97.1 Å². The molecule has 0 aliphatic carbocycles. The van der Waals surface area contributed by atoms with Crippen molar-refractivity contribution in [2.24, 2.45) is 0 Å². The second-order valence-corrected chi connectivity index (χ2v) is 7.30. The molecule has 0 atom stereocenters. The van der Waals surface area contributed by atoms with Crippen LogP contribution in [0.5, 0.6) is 0 Å². The summed E-state index contributed by atoms with van der Waals surface area (Å²) in [6.07, 6.45) is 0. The van der Waals surface area contributed by atoms with Gasteiger partial charge in [-0.3, -0.25) is 0 Å². The minimum atomic E-state index is 0.741. The summed E-state index contributed by atoms with van der Waals surface area (Å²) in [5.74, 6) is 1.78. The van der Waals surface area contributed by atoms with Gasteiger partial charge in [0.2, 0.25) is 0 Å². The number of pyridine rings is 2. The van der Waals surface area contributed by atoms with Gasteiger partial charge >= 0.3 is 0 Å². The maximum Gasteiger partial charge on any atom is 0.126 e. The Labute approximate surface area is 175 Å². The Bertz CT molecular complexity index is 1190. The van der Waals surface area contributed by atoms with Crippen LogP contribution >= 0.6 is 0 Å². The van der Waals surface area contributed by atoms with Gasteiger partial charge in [0.1, 0.15) is 11.6 Å². The van der Waals surface area contributed by atoms with Crippen molar-refractivity contribution >= 4 is 33.4 Å². The van der Waals surface area contributed by atoms with Crippen molar-refractivity contribution in [3.05, 3.63) is 108 Å². The molecule has 4 heteroatoms. The lowest BCUT2D eigenvalue weighted by atomic mass is 10.1. The minimum absolute atomic E-state index is 0.741. The van der Waals surface area contributed by atoms with Crippen LogP contribution in [0.25, 0.3) is 21.8 Å². The third-order valence-corrected chi connectivity index (χ3v) is 5.17. The van der Waals surface area contributed by atoms with Crippen LogP contribution in [-0.4, -0.2) is 9.97 Å². The Morgan fingerprint density at radius 2 is 0.900 bits per heavy atom. The van der Waals surface area contributed by atoms with E-state index in [1.165, 1.54) is 11.1 Å². The highest BCUT2D eigenvalue weighted by molar-refractivity contribution is 5.80. The topological polar surface area (TPSA) is 49.8 Å². The molecule has 0 aliphatic heterocycles. The lowest BCUT2D eigenvalue weighted by Gasteiger charge is -2.09. The number of rotatable bonds is 6. The molecule has 0 bridgehead atoms. The van der Waals surface area contributed by atoms with E-state index in [1.807, 2.05) is 48.5 Å². The average Bonchev–Trinajstić information content (AvgIpc) is 2.82. The normalized spacial score (nSPS) is 10.9. The van der Waals surface area contributed by atoms with Crippen molar-refractivity contribution in [2.75, 3.05) is 10.6 Å². The van der Waals surface area contributed by atoms with Crippen molar-refractivity contribution < 1.29 is 0 Å². The van der Waals surface area contributed by atoms with E-state index >= 15 is 0 Å². The molecule has 4 nitrogen and oxygen atoms in total. The first-order valence-corrected chi connectivity index (χ1v) is 10.1. The molecule has 2 N–H and O–H groups in total. The fourth-order valence-electron chi connectivity index (χ4n) is 3.49. The molecule has 3 aromatic carbocycles. The first-order chi connectivity index (χ1) is 14.8. The van der Waals surface area contributed by atoms with Gasteiger partial charge in [0.25, 0.3) is 0 Å². The van der Waals surface area contributed by atoms with E-state index in [0.717, 1.165) is 46.5 Å². The number of para-hydroxylation sites is 2. The second-order valence-electron chi connectivity index (χ2n) is 7.30. The molecular weight excluding hydrogens is 368 g/mol. The van der Waals surface area contributed by atoms with E-state index in [0.29, 0.717) is 0 Å². The SMILES string of the molecule is c1ccc2nc(NCc3ccc(CNc4ccc5ccccc5n4)cc3)ccc2c1. The monoisotopic (exact) mass is 390 g/mol.